The number of carbonyl (C=O) groups is 1. The molecule has 93 heavy (non-hydrogen) atoms. The van der Waals surface area contributed by atoms with Crippen LogP contribution < -0.4 is 5.32 Å². The van der Waals surface area contributed by atoms with E-state index < -0.39 is 49.5 Å². The van der Waals surface area contributed by atoms with E-state index in [1.165, 1.54) is 321 Å². The van der Waals surface area contributed by atoms with Gasteiger partial charge >= 0.3 is 0 Å². The Morgan fingerprint density at radius 3 is 0.978 bits per heavy atom. The summed E-state index contributed by atoms with van der Waals surface area (Å²) < 4.78 is 11.3. The van der Waals surface area contributed by atoms with Crippen molar-refractivity contribution < 1.29 is 39.8 Å². The number of hydrogen-bond donors (Lipinski definition) is 6. The maximum Gasteiger partial charge on any atom is 0.220 e. The molecular weight excluding hydrogens is 1150 g/mol. The number of allylic oxidation sites excluding steroid dienone is 11. The lowest BCUT2D eigenvalue weighted by atomic mass is 9.99. The van der Waals surface area contributed by atoms with Gasteiger partial charge in [0.15, 0.2) is 6.29 Å². The van der Waals surface area contributed by atoms with E-state index in [-0.39, 0.29) is 12.5 Å². The minimum Gasteiger partial charge on any atom is -0.394 e. The van der Waals surface area contributed by atoms with Crippen molar-refractivity contribution in [3.63, 3.8) is 0 Å². The summed E-state index contributed by atoms with van der Waals surface area (Å²) in [6.45, 7) is 3.80. The van der Waals surface area contributed by atoms with E-state index in [0.29, 0.717) is 6.42 Å². The van der Waals surface area contributed by atoms with Crippen LogP contribution in [-0.2, 0) is 14.3 Å². The minimum atomic E-state index is -1.58. The van der Waals surface area contributed by atoms with E-state index in [1.54, 1.807) is 6.08 Å². The Morgan fingerprint density at radius 2 is 0.645 bits per heavy atom. The molecule has 1 heterocycles. The molecule has 1 amide bonds. The fraction of sp³-hybridized carbons (Fsp3) is 0.845. The molecule has 0 radical (unpaired) electrons. The molecule has 0 aromatic rings. The Morgan fingerprint density at radius 1 is 0.366 bits per heavy atom. The molecule has 7 atom stereocenters. The molecule has 0 spiro atoms. The topological polar surface area (TPSA) is 149 Å². The highest BCUT2D eigenvalue weighted by Gasteiger charge is 2.44. The first-order valence-corrected chi connectivity index (χ1v) is 40.7. The number of carbonyl (C=O) groups excluding carboxylic acids is 1. The van der Waals surface area contributed by atoms with Crippen LogP contribution in [0.15, 0.2) is 72.9 Å². The zero-order chi connectivity index (χ0) is 67.1. The van der Waals surface area contributed by atoms with Gasteiger partial charge in [-0.15, -0.1) is 0 Å². The quantitative estimate of drug-likeness (QED) is 0.0261. The SMILES string of the molecule is CCCCCCC/C=C\C/C=C\C/C=C\CCCCCCCCCCCCCCCCCCCCCCCCCCC(=O)NC(COC1OC(CO)C(O)C(O)C1O)C(O)/C=C/CC/C=C/CC/C=C/CCCCCCCCCCCCCCCCCCCCCCC. The summed E-state index contributed by atoms with van der Waals surface area (Å²) in [4.78, 5) is 13.2. The molecule has 544 valence electrons. The maximum atomic E-state index is 13.2. The number of amides is 1. The fourth-order valence-electron chi connectivity index (χ4n) is 12.9. The number of hydrogen-bond acceptors (Lipinski definition) is 8. The average molecular weight is 1310 g/mol. The smallest absolute Gasteiger partial charge is 0.220 e. The molecule has 0 aliphatic carbocycles. The van der Waals surface area contributed by atoms with Crippen molar-refractivity contribution in [3.8, 4) is 0 Å². The monoisotopic (exact) mass is 1310 g/mol. The van der Waals surface area contributed by atoms with Crippen molar-refractivity contribution in [3.05, 3.63) is 72.9 Å². The summed E-state index contributed by atoms with van der Waals surface area (Å²) in [6.07, 6.45) is 96.3. The minimum absolute atomic E-state index is 0.184. The molecule has 0 aromatic heterocycles. The molecule has 9 nitrogen and oxygen atoms in total. The molecule has 6 N–H and O–H groups in total. The number of ether oxygens (including phenoxy) is 2. The van der Waals surface area contributed by atoms with Gasteiger partial charge in [-0.05, 0) is 83.5 Å². The highest BCUT2D eigenvalue weighted by atomic mass is 16.7. The molecule has 1 aliphatic rings. The van der Waals surface area contributed by atoms with Crippen molar-refractivity contribution in [2.45, 2.75) is 442 Å². The van der Waals surface area contributed by atoms with Crippen LogP contribution in [0.4, 0.5) is 0 Å². The molecule has 7 unspecified atom stereocenters. The average Bonchev–Trinajstić information content (AvgIpc) is 1.02. The Labute approximate surface area is 576 Å². The third kappa shape index (κ3) is 60.5. The maximum absolute atomic E-state index is 13.2. The van der Waals surface area contributed by atoms with Crippen molar-refractivity contribution in [1.29, 1.82) is 0 Å². The molecular formula is C84H155NO8. The Balaban J connectivity index is 2.08. The van der Waals surface area contributed by atoms with Gasteiger partial charge in [0.05, 0.1) is 25.4 Å². The summed E-state index contributed by atoms with van der Waals surface area (Å²) in [5, 5.41) is 54.9. The van der Waals surface area contributed by atoms with Crippen molar-refractivity contribution >= 4 is 5.91 Å². The molecule has 1 saturated heterocycles. The first kappa shape index (κ1) is 88.6. The Hall–Kier alpha value is -2.37. The van der Waals surface area contributed by atoms with E-state index >= 15 is 0 Å². The van der Waals surface area contributed by atoms with Gasteiger partial charge in [-0.1, -0.05) is 382 Å². The molecule has 0 bridgehead atoms. The zero-order valence-electron chi connectivity index (χ0n) is 61.3. The number of aliphatic hydroxyl groups is 5. The van der Waals surface area contributed by atoms with Gasteiger partial charge in [-0.2, -0.15) is 0 Å². The third-order valence-corrected chi connectivity index (χ3v) is 19.2. The summed E-state index contributed by atoms with van der Waals surface area (Å²) in [7, 11) is 0. The normalized spacial score (nSPS) is 17.9. The van der Waals surface area contributed by atoms with E-state index in [2.05, 4.69) is 79.9 Å². The second-order valence-electron chi connectivity index (χ2n) is 28.2. The second-order valence-corrected chi connectivity index (χ2v) is 28.2. The summed E-state index contributed by atoms with van der Waals surface area (Å²) in [5.41, 5.74) is 0. The molecule has 1 rings (SSSR count). The fourth-order valence-corrected chi connectivity index (χ4v) is 12.9. The van der Waals surface area contributed by atoms with Gasteiger partial charge in [-0.25, -0.2) is 0 Å². The lowest BCUT2D eigenvalue weighted by Crippen LogP contribution is -2.60. The van der Waals surface area contributed by atoms with E-state index in [4.69, 9.17) is 9.47 Å². The van der Waals surface area contributed by atoms with E-state index in [0.717, 1.165) is 57.8 Å². The molecule has 1 fully saturated rings. The van der Waals surface area contributed by atoms with Crippen molar-refractivity contribution in [2.24, 2.45) is 0 Å². The standard InChI is InChI=1S/C84H155NO8/c1-3-5-7-9-11-13-15-17-19-21-23-25-27-29-31-33-35-36-37-38-39-40-41-42-44-46-48-50-52-54-56-58-60-62-64-66-68-70-72-74-80(88)85-77(76-92-84-83(91)82(90)81(89)79(75-86)93-84)78(87)73-71-69-67-65-63-61-59-57-55-53-51-49-47-45-43-34-32-30-28-26-24-22-20-18-16-14-12-10-8-6-4-2/h15,17,21,23,27,29,55,57,63,65,71,73,77-79,81-84,86-87,89-91H,3-14,16,18-20,22,24-26,28,30-54,56,58-62,64,66-70,72,74-76H2,1-2H3,(H,85,88)/b17-15-,23-21-,29-27-,57-55+,65-63+,73-71+. The van der Waals surface area contributed by atoms with Crippen molar-refractivity contribution in [2.75, 3.05) is 13.2 Å². The van der Waals surface area contributed by atoms with Gasteiger partial charge in [-0.3, -0.25) is 4.79 Å². The van der Waals surface area contributed by atoms with Gasteiger partial charge in [0.1, 0.15) is 24.4 Å². The molecule has 1 aliphatic heterocycles. The first-order valence-electron chi connectivity index (χ1n) is 40.7. The van der Waals surface area contributed by atoms with Crippen LogP contribution in [0.1, 0.15) is 399 Å². The van der Waals surface area contributed by atoms with Crippen LogP contribution in [0.2, 0.25) is 0 Å². The summed E-state index contributed by atoms with van der Waals surface area (Å²) in [6, 6.07) is -0.832. The van der Waals surface area contributed by atoms with Crippen LogP contribution >= 0.6 is 0 Å². The van der Waals surface area contributed by atoms with Gasteiger partial charge in [0.25, 0.3) is 0 Å². The van der Waals surface area contributed by atoms with Crippen LogP contribution in [0.3, 0.4) is 0 Å². The number of aliphatic hydroxyl groups excluding tert-OH is 5. The highest BCUT2D eigenvalue weighted by Crippen LogP contribution is 2.24. The molecule has 0 aromatic carbocycles. The predicted octanol–water partition coefficient (Wildman–Crippen LogP) is 23.4. The first-order chi connectivity index (χ1) is 45.8. The second kappa shape index (κ2) is 72.4. The molecule has 0 saturated carbocycles. The van der Waals surface area contributed by atoms with Crippen LogP contribution in [-0.4, -0.2) is 87.5 Å². The van der Waals surface area contributed by atoms with Gasteiger partial charge < -0.3 is 40.3 Å². The molecule has 9 heteroatoms. The lowest BCUT2D eigenvalue weighted by molar-refractivity contribution is -0.302. The Kier molecular flexibility index (Phi) is 69.0. The number of nitrogens with one attached hydrogen (secondary N) is 1. The highest BCUT2D eigenvalue weighted by molar-refractivity contribution is 5.76. The van der Waals surface area contributed by atoms with Crippen molar-refractivity contribution in [1.82, 2.24) is 5.32 Å². The van der Waals surface area contributed by atoms with E-state index in [1.807, 2.05) is 6.08 Å². The summed E-state index contributed by atoms with van der Waals surface area (Å²) in [5.74, 6) is -0.184. The largest absolute Gasteiger partial charge is 0.394 e. The Bertz CT molecular complexity index is 1710. The zero-order valence-corrected chi connectivity index (χ0v) is 61.3. The van der Waals surface area contributed by atoms with Crippen LogP contribution in [0.5, 0.6) is 0 Å². The predicted molar refractivity (Wildman–Crippen MR) is 401 cm³/mol. The number of unbranched alkanes of at least 4 members (excludes halogenated alkanes) is 52. The lowest BCUT2D eigenvalue weighted by Gasteiger charge is -2.40. The third-order valence-electron chi connectivity index (χ3n) is 19.2. The van der Waals surface area contributed by atoms with Gasteiger partial charge in [0, 0.05) is 6.42 Å². The van der Waals surface area contributed by atoms with Crippen LogP contribution in [0, 0.1) is 0 Å². The van der Waals surface area contributed by atoms with E-state index in [9.17, 15) is 30.3 Å². The van der Waals surface area contributed by atoms with Crippen LogP contribution in [0.25, 0.3) is 0 Å². The number of rotatable bonds is 72. The summed E-state index contributed by atoms with van der Waals surface area (Å²) >= 11 is 0. The van der Waals surface area contributed by atoms with Gasteiger partial charge in [0.2, 0.25) is 5.91 Å².